The molecule has 3 nitrogen and oxygen atoms in total. The normalized spacial score (nSPS) is 21.3. The molecule has 0 atom stereocenters. The van der Waals surface area contributed by atoms with Crippen molar-refractivity contribution in [3.8, 4) is 0 Å². The van der Waals surface area contributed by atoms with Crippen molar-refractivity contribution in [1.82, 2.24) is 5.43 Å². The van der Waals surface area contributed by atoms with Crippen LogP contribution in [0.1, 0.15) is 12.8 Å². The van der Waals surface area contributed by atoms with E-state index in [1.54, 1.807) is 0 Å². The first kappa shape index (κ1) is 6.55. The first-order valence-electron chi connectivity index (χ1n) is 3.32. The molecule has 0 aromatic carbocycles. The summed E-state index contributed by atoms with van der Waals surface area (Å²) in [6, 6.07) is 0. The third-order valence-electron chi connectivity index (χ3n) is 1.16. The zero-order valence-corrected chi connectivity index (χ0v) is 5.47. The van der Waals surface area contributed by atoms with Crippen molar-refractivity contribution < 1.29 is 4.74 Å². The van der Waals surface area contributed by atoms with Crippen molar-refractivity contribution in [2.45, 2.75) is 12.8 Å². The zero-order valence-electron chi connectivity index (χ0n) is 5.47. The number of ether oxygens (including phenoxy) is 1. The number of nitrogens with one attached hydrogen (secondary N) is 1. The van der Waals surface area contributed by atoms with E-state index in [0.717, 1.165) is 32.6 Å². The molecule has 0 aliphatic carbocycles. The number of nitrogens with zero attached hydrogens (tertiary/aromatic N) is 1. The Kier molecular flexibility index (Phi) is 3.15. The predicted octanol–water partition coefficient (Wildman–Crippen LogP) is 0.372. The van der Waals surface area contributed by atoms with Crippen LogP contribution in [0.2, 0.25) is 0 Å². The summed E-state index contributed by atoms with van der Waals surface area (Å²) in [5.74, 6) is 0. The maximum absolute atomic E-state index is 5.21. The fourth-order valence-corrected chi connectivity index (χ4v) is 0.690. The Labute approximate surface area is 55.1 Å². The van der Waals surface area contributed by atoms with E-state index in [0.29, 0.717) is 0 Å². The third kappa shape index (κ3) is 3.08. The molecular weight excluding hydrogens is 116 g/mol. The minimum atomic E-state index is 0.775. The van der Waals surface area contributed by atoms with Gasteiger partial charge in [0.2, 0.25) is 0 Å². The van der Waals surface area contributed by atoms with E-state index in [1.807, 2.05) is 6.21 Å². The summed E-state index contributed by atoms with van der Waals surface area (Å²) >= 11 is 0. The fraction of sp³-hybridized carbons (Fsp3) is 0.833. The van der Waals surface area contributed by atoms with Crippen LogP contribution in [0.3, 0.4) is 0 Å². The fourth-order valence-electron chi connectivity index (χ4n) is 0.690. The average Bonchev–Trinajstić information content (AvgIpc) is 2.00. The molecule has 52 valence electrons. The van der Waals surface area contributed by atoms with Gasteiger partial charge in [-0.05, 0) is 12.8 Å². The number of hydrogen-bond acceptors (Lipinski definition) is 3. The van der Waals surface area contributed by atoms with Crippen molar-refractivity contribution in [2.75, 3.05) is 19.8 Å². The first-order valence-corrected chi connectivity index (χ1v) is 3.32. The van der Waals surface area contributed by atoms with Crippen LogP contribution in [0.4, 0.5) is 0 Å². The van der Waals surface area contributed by atoms with Gasteiger partial charge in [-0.1, -0.05) is 0 Å². The molecule has 1 aliphatic heterocycles. The Morgan fingerprint density at radius 1 is 1.44 bits per heavy atom. The van der Waals surface area contributed by atoms with Crippen molar-refractivity contribution in [3.05, 3.63) is 0 Å². The molecule has 0 unspecified atom stereocenters. The van der Waals surface area contributed by atoms with E-state index < -0.39 is 0 Å². The van der Waals surface area contributed by atoms with E-state index in [-0.39, 0.29) is 0 Å². The lowest BCUT2D eigenvalue weighted by molar-refractivity contribution is 0.137. The summed E-state index contributed by atoms with van der Waals surface area (Å²) < 4.78 is 5.21. The van der Waals surface area contributed by atoms with Gasteiger partial charge < -0.3 is 10.2 Å². The summed E-state index contributed by atoms with van der Waals surface area (Å²) in [4.78, 5) is 0. The second kappa shape index (κ2) is 4.32. The molecule has 0 spiro atoms. The molecule has 0 saturated carbocycles. The minimum absolute atomic E-state index is 0.775. The predicted molar refractivity (Wildman–Crippen MR) is 36.5 cm³/mol. The first-order chi connectivity index (χ1) is 4.50. The van der Waals surface area contributed by atoms with Crippen LogP contribution >= 0.6 is 0 Å². The van der Waals surface area contributed by atoms with Gasteiger partial charge in [-0.2, -0.15) is 5.10 Å². The van der Waals surface area contributed by atoms with Gasteiger partial charge in [-0.3, -0.25) is 0 Å². The minimum Gasteiger partial charge on any atom is -0.380 e. The van der Waals surface area contributed by atoms with Crippen molar-refractivity contribution in [2.24, 2.45) is 5.10 Å². The Morgan fingerprint density at radius 2 is 2.44 bits per heavy atom. The largest absolute Gasteiger partial charge is 0.380 e. The highest BCUT2D eigenvalue weighted by Gasteiger charge is 1.89. The number of hydrazone groups is 1. The SMILES string of the molecule is C1=NNCCOCCC1. The molecule has 0 bridgehead atoms. The highest BCUT2D eigenvalue weighted by atomic mass is 16.5. The van der Waals surface area contributed by atoms with Gasteiger partial charge >= 0.3 is 0 Å². The summed E-state index contributed by atoms with van der Waals surface area (Å²) in [5, 5.41) is 3.94. The Bertz CT molecular complexity index is 83.1. The lowest BCUT2D eigenvalue weighted by Crippen LogP contribution is -2.12. The molecule has 9 heavy (non-hydrogen) atoms. The molecule has 0 aromatic rings. The van der Waals surface area contributed by atoms with E-state index in [4.69, 9.17) is 4.74 Å². The molecule has 0 saturated heterocycles. The van der Waals surface area contributed by atoms with Gasteiger partial charge in [0.15, 0.2) is 0 Å². The molecule has 1 N–H and O–H groups in total. The van der Waals surface area contributed by atoms with Crippen LogP contribution in [0.15, 0.2) is 5.10 Å². The van der Waals surface area contributed by atoms with Crippen molar-refractivity contribution in [1.29, 1.82) is 0 Å². The van der Waals surface area contributed by atoms with Crippen molar-refractivity contribution in [3.63, 3.8) is 0 Å². The average molecular weight is 128 g/mol. The smallest absolute Gasteiger partial charge is 0.0655 e. The quantitative estimate of drug-likeness (QED) is 0.511. The number of rotatable bonds is 0. The maximum atomic E-state index is 5.21. The Balaban J connectivity index is 2.15. The molecule has 0 amide bonds. The van der Waals surface area contributed by atoms with E-state index in [1.165, 1.54) is 0 Å². The van der Waals surface area contributed by atoms with Gasteiger partial charge in [-0.25, -0.2) is 0 Å². The molecule has 3 heteroatoms. The van der Waals surface area contributed by atoms with Gasteiger partial charge in [0.05, 0.1) is 13.2 Å². The van der Waals surface area contributed by atoms with Crippen LogP contribution in [-0.2, 0) is 4.74 Å². The third-order valence-corrected chi connectivity index (χ3v) is 1.16. The molecular formula is C6H12N2O. The topological polar surface area (TPSA) is 33.6 Å². The lowest BCUT2D eigenvalue weighted by atomic mass is 10.3. The van der Waals surface area contributed by atoms with Crippen LogP contribution < -0.4 is 5.43 Å². The molecule has 0 aromatic heterocycles. The second-order valence-corrected chi connectivity index (χ2v) is 1.97. The Hall–Kier alpha value is -0.570. The summed E-state index contributed by atoms with van der Waals surface area (Å²) in [6.45, 7) is 2.47. The van der Waals surface area contributed by atoms with Gasteiger partial charge in [0.1, 0.15) is 0 Å². The maximum Gasteiger partial charge on any atom is 0.0655 e. The lowest BCUT2D eigenvalue weighted by Gasteiger charge is -1.98. The van der Waals surface area contributed by atoms with Gasteiger partial charge in [0.25, 0.3) is 0 Å². The highest BCUT2D eigenvalue weighted by molar-refractivity contribution is 5.56. The molecule has 1 rings (SSSR count). The number of hydrogen-bond donors (Lipinski definition) is 1. The monoisotopic (exact) mass is 128 g/mol. The zero-order chi connectivity index (χ0) is 6.36. The highest BCUT2D eigenvalue weighted by Crippen LogP contribution is 1.88. The van der Waals surface area contributed by atoms with Crippen LogP contribution in [0, 0.1) is 0 Å². The van der Waals surface area contributed by atoms with Crippen LogP contribution in [0.5, 0.6) is 0 Å². The van der Waals surface area contributed by atoms with E-state index in [2.05, 4.69) is 10.5 Å². The molecule has 1 heterocycles. The van der Waals surface area contributed by atoms with E-state index in [9.17, 15) is 0 Å². The molecule has 0 fully saturated rings. The molecule has 1 aliphatic rings. The van der Waals surface area contributed by atoms with Gasteiger partial charge in [-0.15, -0.1) is 0 Å². The summed E-state index contributed by atoms with van der Waals surface area (Å²) in [5.41, 5.74) is 2.87. The van der Waals surface area contributed by atoms with Crippen molar-refractivity contribution >= 4 is 6.21 Å². The van der Waals surface area contributed by atoms with E-state index >= 15 is 0 Å². The van der Waals surface area contributed by atoms with Crippen LogP contribution in [-0.4, -0.2) is 26.0 Å². The Morgan fingerprint density at radius 3 is 3.44 bits per heavy atom. The molecule has 0 radical (unpaired) electrons. The summed E-state index contributed by atoms with van der Waals surface area (Å²) in [7, 11) is 0. The van der Waals surface area contributed by atoms with Gasteiger partial charge in [0, 0.05) is 12.8 Å². The summed E-state index contributed by atoms with van der Waals surface area (Å²) in [6.07, 6.45) is 4.01. The standard InChI is InChI=1S/C6H12N2O/c1-2-5-9-6-4-8-7-3-1/h3,8H,1-2,4-6H2. The second-order valence-electron chi connectivity index (χ2n) is 1.97. The van der Waals surface area contributed by atoms with Crippen LogP contribution in [0.25, 0.3) is 0 Å².